The summed E-state index contributed by atoms with van der Waals surface area (Å²) in [7, 11) is -1.36. The summed E-state index contributed by atoms with van der Waals surface area (Å²) in [5, 5.41) is 0. The van der Waals surface area contributed by atoms with Crippen molar-refractivity contribution in [1.29, 1.82) is 0 Å². The fourth-order valence-corrected chi connectivity index (χ4v) is 4.33. The Kier molecular flexibility index (Phi) is 8.05. The number of Topliss-reactive ketones (excluding diaryl/α,β-unsaturated/α-hetero) is 1. The first-order valence-electron chi connectivity index (χ1n) is 8.58. The molecule has 2 nitrogen and oxygen atoms in total. The van der Waals surface area contributed by atoms with Crippen molar-refractivity contribution in [2.45, 2.75) is 77.4 Å². The van der Waals surface area contributed by atoms with Gasteiger partial charge in [-0.2, -0.15) is 0 Å². The molecule has 2 atom stereocenters. The lowest BCUT2D eigenvalue weighted by Crippen LogP contribution is -2.42. The Bertz CT molecular complexity index is 436. The first-order valence-corrected chi connectivity index (χ1v) is 12.2. The summed E-state index contributed by atoms with van der Waals surface area (Å²) in [5.74, 6) is 0.177. The van der Waals surface area contributed by atoms with Gasteiger partial charge in [-0.25, -0.2) is 0 Å². The quantitative estimate of drug-likeness (QED) is 0.324. The minimum atomic E-state index is -1.36. The van der Waals surface area contributed by atoms with Crippen molar-refractivity contribution in [3.63, 3.8) is 0 Å². The van der Waals surface area contributed by atoms with Crippen molar-refractivity contribution in [3.05, 3.63) is 35.9 Å². The molecule has 0 saturated carbocycles. The van der Waals surface area contributed by atoms with Crippen LogP contribution in [0.4, 0.5) is 0 Å². The smallest absolute Gasteiger partial charge is 0.165 e. The van der Waals surface area contributed by atoms with Gasteiger partial charge in [-0.1, -0.05) is 76.2 Å². The maximum Gasteiger partial charge on any atom is 0.165 e. The first-order chi connectivity index (χ1) is 10.3. The number of unbranched alkanes of at least 4 members (excludes halogenated alkanes) is 2. The van der Waals surface area contributed by atoms with Crippen LogP contribution in [0.2, 0.25) is 19.6 Å². The van der Waals surface area contributed by atoms with Crippen molar-refractivity contribution in [2.75, 3.05) is 0 Å². The number of hydrogen-bond donors (Lipinski definition) is 0. The molecule has 0 bridgehead atoms. The summed E-state index contributed by atoms with van der Waals surface area (Å²) in [6.45, 7) is 11.3. The molecular formula is C19H32O2Si. The van der Waals surface area contributed by atoms with Crippen LogP contribution in [0.3, 0.4) is 0 Å². The molecule has 0 radical (unpaired) electrons. The summed E-state index contributed by atoms with van der Waals surface area (Å²) in [4.78, 5) is 12.3. The molecule has 0 aliphatic heterocycles. The van der Waals surface area contributed by atoms with E-state index in [1.807, 2.05) is 37.3 Å². The molecule has 22 heavy (non-hydrogen) atoms. The largest absolute Gasteiger partial charge is 0.378 e. The van der Waals surface area contributed by atoms with Gasteiger partial charge in [0, 0.05) is 17.7 Å². The summed E-state index contributed by atoms with van der Waals surface area (Å²) < 4.78 is 6.29. The molecule has 1 rings (SSSR count). The Labute approximate surface area is 137 Å². The van der Waals surface area contributed by atoms with Gasteiger partial charge < -0.3 is 4.74 Å². The highest BCUT2D eigenvalue weighted by molar-refractivity contribution is 6.77. The average Bonchev–Trinajstić information content (AvgIpc) is 2.46. The third-order valence-corrected chi connectivity index (χ3v) is 6.36. The molecule has 0 saturated heterocycles. The van der Waals surface area contributed by atoms with Crippen molar-refractivity contribution in [3.8, 4) is 0 Å². The third kappa shape index (κ3) is 6.88. The van der Waals surface area contributed by atoms with Crippen molar-refractivity contribution < 1.29 is 9.53 Å². The second-order valence-corrected chi connectivity index (χ2v) is 12.7. The number of benzene rings is 1. The normalized spacial score (nSPS) is 14.6. The van der Waals surface area contributed by atoms with Crippen LogP contribution < -0.4 is 0 Å². The number of ketones is 1. The van der Waals surface area contributed by atoms with Crippen LogP contribution in [0.5, 0.6) is 0 Å². The van der Waals surface area contributed by atoms with E-state index in [0.717, 1.165) is 12.0 Å². The zero-order chi connectivity index (χ0) is 16.6. The number of ether oxygens (including phenoxy) is 1. The molecule has 124 valence electrons. The van der Waals surface area contributed by atoms with E-state index < -0.39 is 8.07 Å². The molecule has 0 N–H and O–H groups in total. The van der Waals surface area contributed by atoms with E-state index in [-0.39, 0.29) is 11.9 Å². The van der Waals surface area contributed by atoms with E-state index in [4.69, 9.17) is 4.74 Å². The highest BCUT2D eigenvalue weighted by Crippen LogP contribution is 2.21. The molecule has 1 aromatic rings. The Morgan fingerprint density at radius 1 is 1.14 bits per heavy atom. The molecule has 0 aliphatic carbocycles. The number of rotatable bonds is 10. The van der Waals surface area contributed by atoms with Gasteiger partial charge in [0.25, 0.3) is 0 Å². The highest BCUT2D eigenvalue weighted by atomic mass is 28.3. The lowest BCUT2D eigenvalue weighted by atomic mass is 10.1. The Morgan fingerprint density at radius 3 is 2.32 bits per heavy atom. The maximum absolute atomic E-state index is 12.3. The molecule has 1 aromatic carbocycles. The highest BCUT2D eigenvalue weighted by Gasteiger charge is 2.29. The van der Waals surface area contributed by atoms with Gasteiger partial charge in [-0.3, -0.25) is 4.79 Å². The predicted octanol–water partition coefficient (Wildman–Crippen LogP) is 5.49. The van der Waals surface area contributed by atoms with Crippen LogP contribution >= 0.6 is 0 Å². The first kappa shape index (κ1) is 19.1. The number of carbonyl (C=O) groups is 1. The molecule has 0 spiro atoms. The van der Waals surface area contributed by atoms with E-state index in [2.05, 4.69) is 26.6 Å². The molecule has 0 fully saturated rings. The standard InChI is InChI=1S/C19H32O2Si/c1-6-7-9-14-19(22(3,4)5)21-16(2)15-18(20)17-12-10-8-11-13-17/h8,10-13,16,19H,6-7,9,14-15H2,1-5H3/t16-,19-/m1/s1. The molecular weight excluding hydrogens is 288 g/mol. The molecule has 0 amide bonds. The summed E-state index contributed by atoms with van der Waals surface area (Å²) in [6.07, 6.45) is 5.32. The maximum atomic E-state index is 12.3. The van der Waals surface area contributed by atoms with Crippen LogP contribution in [0.1, 0.15) is 56.3 Å². The van der Waals surface area contributed by atoms with Gasteiger partial charge in [0.2, 0.25) is 0 Å². The second kappa shape index (κ2) is 9.26. The summed E-state index contributed by atoms with van der Waals surface area (Å²) >= 11 is 0. The number of carbonyl (C=O) groups excluding carboxylic acids is 1. The van der Waals surface area contributed by atoms with Crippen LogP contribution in [-0.2, 0) is 4.74 Å². The molecule has 0 aromatic heterocycles. The van der Waals surface area contributed by atoms with Gasteiger partial charge in [-0.05, 0) is 13.3 Å². The Morgan fingerprint density at radius 2 is 1.77 bits per heavy atom. The van der Waals surface area contributed by atoms with Crippen molar-refractivity contribution in [2.24, 2.45) is 0 Å². The minimum absolute atomic E-state index is 0.00828. The van der Waals surface area contributed by atoms with Crippen LogP contribution in [0.15, 0.2) is 30.3 Å². The van der Waals surface area contributed by atoms with E-state index >= 15 is 0 Å². The molecule has 0 heterocycles. The summed E-state index contributed by atoms with van der Waals surface area (Å²) in [5.41, 5.74) is 1.13. The van der Waals surface area contributed by atoms with E-state index in [0.29, 0.717) is 12.1 Å². The fraction of sp³-hybridized carbons (Fsp3) is 0.632. The van der Waals surface area contributed by atoms with Gasteiger partial charge >= 0.3 is 0 Å². The second-order valence-electron chi connectivity index (χ2n) is 7.29. The topological polar surface area (TPSA) is 26.3 Å². The van der Waals surface area contributed by atoms with Gasteiger partial charge in [-0.15, -0.1) is 0 Å². The Balaban J connectivity index is 2.55. The number of hydrogen-bond acceptors (Lipinski definition) is 2. The summed E-state index contributed by atoms with van der Waals surface area (Å²) in [6, 6.07) is 9.52. The average molecular weight is 321 g/mol. The lowest BCUT2D eigenvalue weighted by Gasteiger charge is -2.31. The molecule has 0 aliphatic rings. The zero-order valence-electron chi connectivity index (χ0n) is 14.9. The van der Waals surface area contributed by atoms with E-state index in [1.165, 1.54) is 19.3 Å². The van der Waals surface area contributed by atoms with Gasteiger partial charge in [0.1, 0.15) is 0 Å². The van der Waals surface area contributed by atoms with E-state index in [1.54, 1.807) is 0 Å². The van der Waals surface area contributed by atoms with Crippen molar-refractivity contribution in [1.82, 2.24) is 0 Å². The lowest BCUT2D eigenvalue weighted by molar-refractivity contribution is 0.0266. The van der Waals surface area contributed by atoms with Gasteiger partial charge in [0.15, 0.2) is 5.78 Å². The van der Waals surface area contributed by atoms with Crippen LogP contribution in [-0.4, -0.2) is 25.7 Å². The SMILES string of the molecule is CCCCC[C@H](O[C@H](C)CC(=O)c1ccccc1)[Si](C)(C)C. The Hall–Kier alpha value is -0.933. The van der Waals surface area contributed by atoms with Crippen molar-refractivity contribution >= 4 is 13.9 Å². The predicted molar refractivity (Wildman–Crippen MR) is 97.2 cm³/mol. The zero-order valence-corrected chi connectivity index (χ0v) is 15.9. The van der Waals surface area contributed by atoms with E-state index in [9.17, 15) is 4.79 Å². The minimum Gasteiger partial charge on any atom is -0.378 e. The fourth-order valence-electron chi connectivity index (χ4n) is 2.62. The third-order valence-electron chi connectivity index (χ3n) is 4.00. The van der Waals surface area contributed by atoms with Crippen LogP contribution in [0, 0.1) is 0 Å². The monoisotopic (exact) mass is 320 g/mol. The van der Waals surface area contributed by atoms with Crippen LogP contribution in [0.25, 0.3) is 0 Å². The molecule has 3 heteroatoms. The molecule has 0 unspecified atom stereocenters. The van der Waals surface area contributed by atoms with Gasteiger partial charge in [0.05, 0.1) is 14.2 Å².